The number of rotatable bonds is 3. The van der Waals surface area contributed by atoms with Gasteiger partial charge in [-0.1, -0.05) is 30.3 Å². The van der Waals surface area contributed by atoms with Crippen molar-refractivity contribution in [2.75, 3.05) is 33.8 Å². The lowest BCUT2D eigenvalue weighted by Crippen LogP contribution is -2.63. The summed E-state index contributed by atoms with van der Waals surface area (Å²) in [6.07, 6.45) is 1.08. The van der Waals surface area contributed by atoms with Crippen LogP contribution in [-0.4, -0.2) is 55.4 Å². The second-order valence-corrected chi connectivity index (χ2v) is 6.26. The first-order valence-electron chi connectivity index (χ1n) is 7.69. The molecule has 5 heteroatoms. The molecule has 1 aromatic rings. The van der Waals surface area contributed by atoms with Crippen molar-refractivity contribution in [2.24, 2.45) is 5.92 Å². The fourth-order valence-corrected chi connectivity index (χ4v) is 3.31. The zero-order chi connectivity index (χ0) is 15.7. The van der Waals surface area contributed by atoms with E-state index in [9.17, 15) is 9.59 Å². The fraction of sp³-hybridized carbons (Fsp3) is 0.529. The van der Waals surface area contributed by atoms with Crippen molar-refractivity contribution in [1.29, 1.82) is 0 Å². The van der Waals surface area contributed by atoms with Crippen LogP contribution >= 0.6 is 0 Å². The molecule has 2 fully saturated rings. The molecule has 0 aromatic heterocycles. The molecule has 2 heterocycles. The minimum Gasteiger partial charge on any atom is -0.370 e. The number of hydrogen-bond donors (Lipinski definition) is 0. The predicted molar refractivity (Wildman–Crippen MR) is 82.1 cm³/mol. The summed E-state index contributed by atoms with van der Waals surface area (Å²) in [5.41, 5.74) is 0.702. The highest BCUT2D eigenvalue weighted by Crippen LogP contribution is 2.37. The van der Waals surface area contributed by atoms with Gasteiger partial charge in [-0.05, 0) is 12.0 Å². The number of carbonyl (C=O) groups excluding carboxylic acids is 2. The van der Waals surface area contributed by atoms with Gasteiger partial charge >= 0.3 is 0 Å². The van der Waals surface area contributed by atoms with E-state index in [1.807, 2.05) is 35.2 Å². The second kappa shape index (κ2) is 5.72. The van der Waals surface area contributed by atoms with Gasteiger partial charge in [0.05, 0.1) is 13.1 Å². The molecule has 118 valence electrons. The van der Waals surface area contributed by atoms with Crippen molar-refractivity contribution in [3.63, 3.8) is 0 Å². The number of methoxy groups -OCH3 is 1. The van der Waals surface area contributed by atoms with Crippen LogP contribution in [0, 0.1) is 5.92 Å². The van der Waals surface area contributed by atoms with Gasteiger partial charge in [0.2, 0.25) is 11.8 Å². The van der Waals surface area contributed by atoms with Gasteiger partial charge in [-0.3, -0.25) is 9.59 Å². The molecule has 0 bridgehead atoms. The average molecular weight is 302 g/mol. The van der Waals surface area contributed by atoms with Gasteiger partial charge in [-0.2, -0.15) is 0 Å². The maximum atomic E-state index is 12.6. The zero-order valence-corrected chi connectivity index (χ0v) is 13.1. The second-order valence-electron chi connectivity index (χ2n) is 6.26. The van der Waals surface area contributed by atoms with E-state index in [1.165, 1.54) is 0 Å². The van der Waals surface area contributed by atoms with Crippen molar-refractivity contribution in [2.45, 2.75) is 18.4 Å². The minimum atomic E-state index is -0.396. The maximum Gasteiger partial charge on any atom is 0.226 e. The van der Waals surface area contributed by atoms with Crippen LogP contribution < -0.4 is 0 Å². The Labute approximate surface area is 130 Å². The molecule has 0 N–H and O–H groups in total. The van der Waals surface area contributed by atoms with Crippen LogP contribution in [-0.2, 0) is 19.9 Å². The first-order valence-corrected chi connectivity index (χ1v) is 7.69. The Morgan fingerprint density at radius 1 is 1.27 bits per heavy atom. The molecule has 5 nitrogen and oxygen atoms in total. The average Bonchev–Trinajstić information content (AvgIpc) is 2.50. The van der Waals surface area contributed by atoms with E-state index in [-0.39, 0.29) is 17.7 Å². The van der Waals surface area contributed by atoms with Crippen LogP contribution in [0.4, 0.5) is 0 Å². The molecule has 2 aliphatic rings. The molecule has 2 amide bonds. The molecule has 2 saturated heterocycles. The lowest BCUT2D eigenvalue weighted by Gasteiger charge is -2.50. The lowest BCUT2D eigenvalue weighted by molar-refractivity contribution is -0.170. The normalized spacial score (nSPS) is 24.1. The molecule has 0 saturated carbocycles. The number of carbonyl (C=O) groups is 2. The topological polar surface area (TPSA) is 49.9 Å². The third kappa shape index (κ3) is 2.50. The van der Waals surface area contributed by atoms with E-state index in [2.05, 4.69) is 0 Å². The van der Waals surface area contributed by atoms with Gasteiger partial charge in [0.15, 0.2) is 0 Å². The Kier molecular flexibility index (Phi) is 3.91. The van der Waals surface area contributed by atoms with Crippen LogP contribution in [0.1, 0.15) is 18.4 Å². The molecule has 0 aliphatic carbocycles. The van der Waals surface area contributed by atoms with E-state index in [0.29, 0.717) is 26.1 Å². The number of hydrogen-bond acceptors (Lipinski definition) is 3. The summed E-state index contributed by atoms with van der Waals surface area (Å²) in [7, 11) is 3.48. The molecular formula is C17H22N2O3. The van der Waals surface area contributed by atoms with E-state index in [4.69, 9.17) is 4.74 Å². The number of likely N-dealkylation sites (tertiary alicyclic amines) is 2. The van der Waals surface area contributed by atoms with E-state index < -0.39 is 5.60 Å². The Morgan fingerprint density at radius 2 is 1.95 bits per heavy atom. The van der Waals surface area contributed by atoms with E-state index in [1.54, 1.807) is 19.1 Å². The Bertz CT molecular complexity index is 567. The summed E-state index contributed by atoms with van der Waals surface area (Å²) < 4.78 is 5.70. The Morgan fingerprint density at radius 3 is 2.55 bits per heavy atom. The summed E-state index contributed by atoms with van der Waals surface area (Å²) in [6.45, 7) is 1.79. The van der Waals surface area contributed by atoms with Crippen molar-refractivity contribution in [3.05, 3.63) is 35.9 Å². The molecule has 1 aromatic carbocycles. The number of piperidine rings is 1. The molecule has 2 aliphatic heterocycles. The summed E-state index contributed by atoms with van der Waals surface area (Å²) in [5.74, 6) is -0.0226. The van der Waals surface area contributed by atoms with Crippen molar-refractivity contribution in [1.82, 2.24) is 9.80 Å². The van der Waals surface area contributed by atoms with Gasteiger partial charge in [0.1, 0.15) is 5.60 Å². The molecule has 0 spiro atoms. The third-order valence-corrected chi connectivity index (χ3v) is 4.90. The number of amides is 2. The molecule has 22 heavy (non-hydrogen) atoms. The Balaban J connectivity index is 1.65. The standard InChI is InChI=1S/C17H22N2O3/c1-18-9-8-13(10-15(18)20)16(21)19-11-17(12-19,22-2)14-6-4-3-5-7-14/h3-7,13H,8-12H2,1-2H3. The largest absolute Gasteiger partial charge is 0.370 e. The van der Waals surface area contributed by atoms with Crippen molar-refractivity contribution in [3.8, 4) is 0 Å². The monoisotopic (exact) mass is 302 g/mol. The SMILES string of the molecule is COC1(c2ccccc2)CN(C(=O)C2CCN(C)C(=O)C2)C1. The summed E-state index contributed by atoms with van der Waals surface area (Å²) >= 11 is 0. The highest BCUT2D eigenvalue weighted by atomic mass is 16.5. The first kappa shape index (κ1) is 15.0. The van der Waals surface area contributed by atoms with Crippen LogP contribution in [0.2, 0.25) is 0 Å². The van der Waals surface area contributed by atoms with Crippen molar-refractivity contribution >= 4 is 11.8 Å². The van der Waals surface area contributed by atoms with E-state index in [0.717, 1.165) is 12.0 Å². The van der Waals surface area contributed by atoms with Crippen molar-refractivity contribution < 1.29 is 14.3 Å². The fourth-order valence-electron chi connectivity index (χ4n) is 3.31. The quantitative estimate of drug-likeness (QED) is 0.844. The predicted octanol–water partition coefficient (Wildman–Crippen LogP) is 1.24. The maximum absolute atomic E-state index is 12.6. The van der Waals surface area contributed by atoms with Crippen LogP contribution in [0.25, 0.3) is 0 Å². The number of nitrogens with zero attached hydrogens (tertiary/aromatic N) is 2. The first-order chi connectivity index (χ1) is 10.6. The number of benzene rings is 1. The molecule has 0 radical (unpaired) electrons. The van der Waals surface area contributed by atoms with Gasteiger partial charge in [0.25, 0.3) is 0 Å². The van der Waals surface area contributed by atoms with Crippen LogP contribution in [0.15, 0.2) is 30.3 Å². The summed E-state index contributed by atoms with van der Waals surface area (Å²) in [5, 5.41) is 0. The highest BCUT2D eigenvalue weighted by Gasteiger charge is 2.48. The zero-order valence-electron chi connectivity index (χ0n) is 13.1. The Hall–Kier alpha value is -1.88. The minimum absolute atomic E-state index is 0.0613. The molecule has 1 unspecified atom stereocenters. The van der Waals surface area contributed by atoms with Gasteiger partial charge in [-0.25, -0.2) is 0 Å². The van der Waals surface area contributed by atoms with Crippen LogP contribution in [0.3, 0.4) is 0 Å². The molecular weight excluding hydrogens is 280 g/mol. The summed E-state index contributed by atoms with van der Waals surface area (Å²) in [4.78, 5) is 27.9. The van der Waals surface area contributed by atoms with E-state index >= 15 is 0 Å². The van der Waals surface area contributed by atoms with Gasteiger partial charge in [-0.15, -0.1) is 0 Å². The third-order valence-electron chi connectivity index (χ3n) is 4.90. The smallest absolute Gasteiger partial charge is 0.226 e. The van der Waals surface area contributed by atoms with Gasteiger partial charge in [0, 0.05) is 33.0 Å². The molecule has 3 rings (SSSR count). The van der Waals surface area contributed by atoms with Crippen LogP contribution in [0.5, 0.6) is 0 Å². The summed E-state index contributed by atoms with van der Waals surface area (Å²) in [6, 6.07) is 10.00. The number of ether oxygens (including phenoxy) is 1. The van der Waals surface area contributed by atoms with Gasteiger partial charge < -0.3 is 14.5 Å². The highest BCUT2D eigenvalue weighted by molar-refractivity contribution is 5.87. The molecule has 1 atom stereocenters. The lowest BCUT2D eigenvalue weighted by atomic mass is 9.83.